The number of aromatic nitrogens is 2. The minimum absolute atomic E-state index is 0.180. The third-order valence-corrected chi connectivity index (χ3v) is 3.72. The number of primary amides is 1. The molecule has 0 aliphatic rings. The van der Waals surface area contributed by atoms with Gasteiger partial charge >= 0.3 is 0 Å². The van der Waals surface area contributed by atoms with Gasteiger partial charge in [-0.05, 0) is 42.0 Å². The predicted molar refractivity (Wildman–Crippen MR) is 95.9 cm³/mol. The van der Waals surface area contributed by atoms with Crippen molar-refractivity contribution in [3.8, 4) is 5.75 Å². The van der Waals surface area contributed by atoms with Crippen LogP contribution in [0.15, 0.2) is 53.1 Å². The lowest BCUT2D eigenvalue weighted by Gasteiger charge is -2.08. The van der Waals surface area contributed by atoms with E-state index >= 15 is 0 Å². The zero-order valence-corrected chi connectivity index (χ0v) is 14.6. The van der Waals surface area contributed by atoms with Gasteiger partial charge < -0.3 is 20.3 Å². The third-order valence-electron chi connectivity index (χ3n) is 3.72. The van der Waals surface area contributed by atoms with Crippen molar-refractivity contribution >= 4 is 11.8 Å². The number of aryl methyl sites for hydroxylation is 1. The summed E-state index contributed by atoms with van der Waals surface area (Å²) in [4.78, 5) is 27.5. The summed E-state index contributed by atoms with van der Waals surface area (Å²) in [6.45, 7) is 2.17. The Labute approximate surface area is 155 Å². The summed E-state index contributed by atoms with van der Waals surface area (Å²) in [6, 6.07) is 13.5. The van der Waals surface area contributed by atoms with Crippen molar-refractivity contribution < 1.29 is 18.8 Å². The molecule has 8 heteroatoms. The fraction of sp³-hybridized carbons (Fsp3) is 0.158. The summed E-state index contributed by atoms with van der Waals surface area (Å²) >= 11 is 0. The molecule has 0 unspecified atom stereocenters. The summed E-state index contributed by atoms with van der Waals surface area (Å²) in [7, 11) is 0. The van der Waals surface area contributed by atoms with Crippen molar-refractivity contribution in [2.24, 2.45) is 5.73 Å². The normalized spacial score (nSPS) is 10.4. The van der Waals surface area contributed by atoms with Crippen molar-refractivity contribution in [1.29, 1.82) is 0 Å². The van der Waals surface area contributed by atoms with E-state index in [1.807, 2.05) is 6.07 Å². The second kappa shape index (κ2) is 8.13. The van der Waals surface area contributed by atoms with E-state index in [2.05, 4.69) is 15.5 Å². The van der Waals surface area contributed by atoms with Crippen LogP contribution in [0.25, 0.3) is 0 Å². The first-order chi connectivity index (χ1) is 13.0. The van der Waals surface area contributed by atoms with Gasteiger partial charge in [0.1, 0.15) is 5.75 Å². The van der Waals surface area contributed by atoms with E-state index in [0.717, 1.165) is 5.56 Å². The van der Waals surface area contributed by atoms with Crippen molar-refractivity contribution in [1.82, 2.24) is 15.5 Å². The highest BCUT2D eigenvalue weighted by atomic mass is 16.5. The molecule has 8 nitrogen and oxygen atoms in total. The molecule has 3 aromatic rings. The summed E-state index contributed by atoms with van der Waals surface area (Å²) < 4.78 is 10.4. The molecule has 0 atom stereocenters. The molecule has 3 rings (SSSR count). The Kier molecular flexibility index (Phi) is 5.46. The SMILES string of the molecule is Cc1nc(COc2ccc(C(=O)NCc3cccc(C(N)=O)c3)cc2)no1. The van der Waals surface area contributed by atoms with Gasteiger partial charge in [0.05, 0.1) is 0 Å². The molecule has 0 aliphatic carbocycles. The van der Waals surface area contributed by atoms with Crippen LogP contribution in [-0.4, -0.2) is 22.0 Å². The number of hydrogen-bond acceptors (Lipinski definition) is 6. The van der Waals surface area contributed by atoms with Crippen LogP contribution in [0.4, 0.5) is 0 Å². The molecule has 138 valence electrons. The van der Waals surface area contributed by atoms with Crippen molar-refractivity contribution in [2.75, 3.05) is 0 Å². The Morgan fingerprint density at radius 3 is 2.59 bits per heavy atom. The minimum atomic E-state index is -0.505. The molecule has 2 amide bonds. The van der Waals surface area contributed by atoms with Gasteiger partial charge in [0.25, 0.3) is 5.91 Å². The largest absolute Gasteiger partial charge is 0.485 e. The van der Waals surface area contributed by atoms with Gasteiger partial charge in [-0.2, -0.15) is 4.98 Å². The van der Waals surface area contributed by atoms with E-state index in [-0.39, 0.29) is 19.1 Å². The smallest absolute Gasteiger partial charge is 0.251 e. The van der Waals surface area contributed by atoms with Gasteiger partial charge in [-0.25, -0.2) is 0 Å². The number of benzene rings is 2. The Bertz CT molecular complexity index is 950. The average molecular weight is 366 g/mol. The molecule has 0 saturated heterocycles. The average Bonchev–Trinajstić information content (AvgIpc) is 3.10. The fourth-order valence-corrected chi connectivity index (χ4v) is 2.37. The number of carbonyl (C=O) groups is 2. The number of rotatable bonds is 7. The van der Waals surface area contributed by atoms with Gasteiger partial charge in [-0.15, -0.1) is 0 Å². The monoisotopic (exact) mass is 366 g/mol. The van der Waals surface area contributed by atoms with Crippen LogP contribution in [0.3, 0.4) is 0 Å². The zero-order valence-electron chi connectivity index (χ0n) is 14.6. The van der Waals surface area contributed by atoms with E-state index in [1.54, 1.807) is 49.4 Å². The quantitative estimate of drug-likeness (QED) is 0.660. The van der Waals surface area contributed by atoms with E-state index in [9.17, 15) is 9.59 Å². The number of nitrogens with one attached hydrogen (secondary N) is 1. The summed E-state index contributed by atoms with van der Waals surface area (Å²) in [5, 5.41) is 6.54. The Morgan fingerprint density at radius 1 is 1.15 bits per heavy atom. The number of carbonyl (C=O) groups excluding carboxylic acids is 2. The fourth-order valence-electron chi connectivity index (χ4n) is 2.37. The molecule has 27 heavy (non-hydrogen) atoms. The van der Waals surface area contributed by atoms with E-state index in [4.69, 9.17) is 15.0 Å². The number of hydrogen-bond donors (Lipinski definition) is 2. The predicted octanol–water partition coefficient (Wildman–Crippen LogP) is 1.99. The lowest BCUT2D eigenvalue weighted by Crippen LogP contribution is -2.23. The first-order valence-corrected chi connectivity index (χ1v) is 8.20. The molecule has 1 aromatic heterocycles. The molecule has 0 spiro atoms. The molecule has 0 fully saturated rings. The summed E-state index contributed by atoms with van der Waals surface area (Å²) in [5.41, 5.74) is 6.94. The van der Waals surface area contributed by atoms with Crippen LogP contribution in [0, 0.1) is 6.92 Å². The minimum Gasteiger partial charge on any atom is -0.485 e. The zero-order chi connectivity index (χ0) is 19.2. The first kappa shape index (κ1) is 18.1. The molecule has 0 aliphatic heterocycles. The van der Waals surface area contributed by atoms with Crippen molar-refractivity contribution in [2.45, 2.75) is 20.1 Å². The number of nitrogens with two attached hydrogens (primary N) is 1. The highest BCUT2D eigenvalue weighted by molar-refractivity contribution is 5.94. The van der Waals surface area contributed by atoms with Crippen molar-refractivity contribution in [3.63, 3.8) is 0 Å². The summed E-state index contributed by atoms with van der Waals surface area (Å²) in [5.74, 6) is 0.771. The van der Waals surface area contributed by atoms with Crippen LogP contribution in [0.5, 0.6) is 5.75 Å². The van der Waals surface area contributed by atoms with Crippen LogP contribution < -0.4 is 15.8 Å². The lowest BCUT2D eigenvalue weighted by molar-refractivity contribution is 0.0950. The van der Waals surface area contributed by atoms with Gasteiger partial charge in [-0.1, -0.05) is 17.3 Å². The Hall–Kier alpha value is -3.68. The maximum atomic E-state index is 12.3. The third kappa shape index (κ3) is 4.91. The standard InChI is InChI=1S/C19H18N4O4/c1-12-22-17(23-27-12)11-26-16-7-5-14(6-8-16)19(25)21-10-13-3-2-4-15(9-13)18(20)24/h2-9H,10-11H2,1H3,(H2,20,24)(H,21,25). The Balaban J connectivity index is 1.54. The van der Waals surface area contributed by atoms with E-state index in [0.29, 0.717) is 28.6 Å². The molecule has 0 bridgehead atoms. The lowest BCUT2D eigenvalue weighted by atomic mass is 10.1. The second-order valence-electron chi connectivity index (χ2n) is 5.79. The van der Waals surface area contributed by atoms with Crippen LogP contribution in [-0.2, 0) is 13.2 Å². The molecule has 2 aromatic carbocycles. The highest BCUT2D eigenvalue weighted by Crippen LogP contribution is 2.14. The van der Waals surface area contributed by atoms with E-state index in [1.165, 1.54) is 0 Å². The summed E-state index contributed by atoms with van der Waals surface area (Å²) in [6.07, 6.45) is 0. The maximum absolute atomic E-state index is 12.3. The maximum Gasteiger partial charge on any atom is 0.251 e. The van der Waals surface area contributed by atoms with E-state index < -0.39 is 5.91 Å². The highest BCUT2D eigenvalue weighted by Gasteiger charge is 2.08. The van der Waals surface area contributed by atoms with Gasteiger partial charge in [0.2, 0.25) is 17.6 Å². The van der Waals surface area contributed by atoms with Crippen LogP contribution >= 0.6 is 0 Å². The second-order valence-corrected chi connectivity index (χ2v) is 5.79. The van der Waals surface area contributed by atoms with Gasteiger partial charge in [-0.3, -0.25) is 9.59 Å². The van der Waals surface area contributed by atoms with Gasteiger partial charge in [0, 0.05) is 24.6 Å². The van der Waals surface area contributed by atoms with Crippen LogP contribution in [0.2, 0.25) is 0 Å². The van der Waals surface area contributed by atoms with Crippen molar-refractivity contribution in [3.05, 3.63) is 76.9 Å². The van der Waals surface area contributed by atoms with Gasteiger partial charge in [0.15, 0.2) is 6.61 Å². The molecule has 1 heterocycles. The molecular formula is C19H18N4O4. The molecule has 0 radical (unpaired) electrons. The van der Waals surface area contributed by atoms with Crippen LogP contribution in [0.1, 0.15) is 38.0 Å². The molecule has 0 saturated carbocycles. The number of amides is 2. The number of ether oxygens (including phenoxy) is 1. The first-order valence-electron chi connectivity index (χ1n) is 8.20. The number of nitrogens with zero attached hydrogens (tertiary/aromatic N) is 2. The topological polar surface area (TPSA) is 120 Å². The Morgan fingerprint density at radius 2 is 1.93 bits per heavy atom. The molecule has 3 N–H and O–H groups in total. The molecular weight excluding hydrogens is 348 g/mol.